The maximum atomic E-state index is 6.43. The zero-order chi connectivity index (χ0) is 26.9. The molecule has 7 rings (SSSR count). The Morgan fingerprint density at radius 3 is 2.23 bits per heavy atom. The molecule has 40 heavy (non-hydrogen) atoms. The van der Waals surface area contributed by atoms with Crippen molar-refractivity contribution in [3.63, 3.8) is 0 Å². The van der Waals surface area contributed by atoms with Crippen LogP contribution in [0.15, 0.2) is 102 Å². The van der Waals surface area contributed by atoms with Gasteiger partial charge in [-0.3, -0.25) is 4.98 Å². The summed E-state index contributed by atoms with van der Waals surface area (Å²) in [6.07, 6.45) is 1.79. The van der Waals surface area contributed by atoms with Crippen LogP contribution in [0.5, 0.6) is 0 Å². The molecule has 0 spiro atoms. The molecule has 3 heterocycles. The molecule has 0 amide bonds. The summed E-state index contributed by atoms with van der Waals surface area (Å²) in [5.41, 5.74) is 11.3. The monoisotopic (exact) mass is 697 g/mol. The van der Waals surface area contributed by atoms with Gasteiger partial charge in [0.05, 0.1) is 5.52 Å². The van der Waals surface area contributed by atoms with Gasteiger partial charge in [0, 0.05) is 48.2 Å². The smallest absolute Gasteiger partial charge is 0.137 e. The summed E-state index contributed by atoms with van der Waals surface area (Å²) in [5.74, 6) is 0. The number of nitrogens with zero attached hydrogens (tertiary/aromatic N) is 2. The third kappa shape index (κ3) is 5.34. The van der Waals surface area contributed by atoms with Crippen molar-refractivity contribution in [1.29, 1.82) is 0 Å². The summed E-state index contributed by atoms with van der Waals surface area (Å²) in [5, 5.41) is 3.43. The van der Waals surface area contributed by atoms with E-state index >= 15 is 0 Å². The number of pyridine rings is 2. The molecule has 0 bridgehead atoms. The van der Waals surface area contributed by atoms with E-state index in [-0.39, 0.29) is 20.1 Å². The Morgan fingerprint density at radius 2 is 1.48 bits per heavy atom. The second-order valence-corrected chi connectivity index (χ2v) is 9.99. The summed E-state index contributed by atoms with van der Waals surface area (Å²) in [6, 6.07) is 37.2. The SMILES string of the molecule is Cc1[c-]c(-c2nc3ccccc3c3c2oc2c(C)cc(C)cc23)cc(C)c1.[Ir].[c-]1ccccc1-c1ccccn1. The fraction of sp³-hybridized carbons (Fsp3) is 0.111. The van der Waals surface area contributed by atoms with E-state index in [2.05, 4.69) is 87.3 Å². The largest absolute Gasteiger partial charge is 0.463 e. The molecule has 0 saturated carbocycles. The fourth-order valence-electron chi connectivity index (χ4n) is 5.22. The van der Waals surface area contributed by atoms with Gasteiger partial charge in [0.2, 0.25) is 0 Å². The number of aryl methyl sites for hydroxylation is 4. The van der Waals surface area contributed by atoms with Crippen LogP contribution >= 0.6 is 0 Å². The second-order valence-electron chi connectivity index (χ2n) is 9.99. The normalized spacial score (nSPS) is 10.8. The average molecular weight is 697 g/mol. The van der Waals surface area contributed by atoms with E-state index in [1.165, 1.54) is 11.1 Å². The topological polar surface area (TPSA) is 38.9 Å². The van der Waals surface area contributed by atoms with E-state index in [1.807, 2.05) is 48.5 Å². The first kappa shape index (κ1) is 27.5. The van der Waals surface area contributed by atoms with Crippen LogP contribution in [0.4, 0.5) is 0 Å². The first-order valence-corrected chi connectivity index (χ1v) is 13.1. The summed E-state index contributed by atoms with van der Waals surface area (Å²) in [4.78, 5) is 9.20. The molecule has 0 aliphatic heterocycles. The van der Waals surface area contributed by atoms with Crippen molar-refractivity contribution in [1.82, 2.24) is 9.97 Å². The molecule has 3 aromatic heterocycles. The minimum absolute atomic E-state index is 0. The first-order valence-electron chi connectivity index (χ1n) is 13.1. The molecule has 0 aliphatic rings. The number of aromatic nitrogens is 2. The standard InChI is InChI=1S/C25H20NO.C11H8N.Ir/c1-14-9-15(2)12-18(11-14)23-25-22(19-7-5-6-8-21(19)26-23)20-13-16(3)10-17(4)24(20)27-25;1-2-6-10(7-3-1)11-8-4-5-9-12-11;/h5-11,13H,1-4H3;1-6,8-9H;/q2*-1;. The maximum Gasteiger partial charge on any atom is 0.137 e. The number of benzene rings is 4. The van der Waals surface area contributed by atoms with Crippen LogP contribution in [0.3, 0.4) is 0 Å². The first-order chi connectivity index (χ1) is 19.0. The van der Waals surface area contributed by atoms with Crippen LogP contribution in [-0.4, -0.2) is 9.97 Å². The number of hydrogen-bond donors (Lipinski definition) is 0. The minimum Gasteiger partial charge on any atom is -0.463 e. The molecule has 199 valence electrons. The van der Waals surface area contributed by atoms with Crippen LogP contribution in [0.25, 0.3) is 55.4 Å². The van der Waals surface area contributed by atoms with Crippen molar-refractivity contribution >= 4 is 32.8 Å². The average Bonchev–Trinajstić information content (AvgIpc) is 3.34. The van der Waals surface area contributed by atoms with Gasteiger partial charge in [-0.2, -0.15) is 0 Å². The number of furan rings is 1. The summed E-state index contributed by atoms with van der Waals surface area (Å²) >= 11 is 0. The molecule has 0 atom stereocenters. The summed E-state index contributed by atoms with van der Waals surface area (Å²) in [7, 11) is 0. The molecule has 0 fully saturated rings. The van der Waals surface area contributed by atoms with Gasteiger partial charge in [-0.15, -0.1) is 70.8 Å². The van der Waals surface area contributed by atoms with Gasteiger partial charge in [-0.05, 0) is 48.9 Å². The third-order valence-electron chi connectivity index (χ3n) is 6.79. The van der Waals surface area contributed by atoms with E-state index in [4.69, 9.17) is 9.40 Å². The van der Waals surface area contributed by atoms with Crippen LogP contribution in [-0.2, 0) is 20.1 Å². The predicted octanol–water partition coefficient (Wildman–Crippen LogP) is 9.38. The van der Waals surface area contributed by atoms with Crippen molar-refractivity contribution in [2.45, 2.75) is 27.7 Å². The quantitative estimate of drug-likeness (QED) is 0.169. The predicted molar refractivity (Wildman–Crippen MR) is 161 cm³/mol. The molecule has 0 unspecified atom stereocenters. The zero-order valence-corrected chi connectivity index (χ0v) is 25.3. The van der Waals surface area contributed by atoms with Crippen LogP contribution in [0, 0.1) is 39.8 Å². The molecule has 3 nitrogen and oxygen atoms in total. The van der Waals surface area contributed by atoms with E-state index in [0.29, 0.717) is 0 Å². The van der Waals surface area contributed by atoms with E-state index < -0.39 is 0 Å². The molecular formula is C36H28IrN2O-2. The Labute approximate surface area is 248 Å². The number of fused-ring (bicyclic) bond motifs is 5. The minimum atomic E-state index is 0. The Balaban J connectivity index is 0.000000209. The Bertz CT molecular complexity index is 1890. The maximum absolute atomic E-state index is 6.43. The molecule has 4 heteroatoms. The summed E-state index contributed by atoms with van der Waals surface area (Å²) < 4.78 is 6.43. The molecule has 1 radical (unpaired) electrons. The third-order valence-corrected chi connectivity index (χ3v) is 6.79. The second kappa shape index (κ2) is 11.6. The summed E-state index contributed by atoms with van der Waals surface area (Å²) in [6.45, 7) is 8.42. The molecule has 4 aromatic carbocycles. The van der Waals surface area contributed by atoms with Crippen LogP contribution in [0.1, 0.15) is 22.3 Å². The van der Waals surface area contributed by atoms with E-state index in [9.17, 15) is 0 Å². The number of rotatable bonds is 2. The number of hydrogen-bond acceptors (Lipinski definition) is 3. The van der Waals surface area contributed by atoms with Gasteiger partial charge in [-0.25, -0.2) is 0 Å². The molecular weight excluding hydrogens is 669 g/mol. The van der Waals surface area contributed by atoms with Gasteiger partial charge in [0.15, 0.2) is 0 Å². The van der Waals surface area contributed by atoms with Gasteiger partial charge in [-0.1, -0.05) is 50.2 Å². The van der Waals surface area contributed by atoms with Gasteiger partial charge in [0.25, 0.3) is 0 Å². The van der Waals surface area contributed by atoms with Crippen molar-refractivity contribution < 1.29 is 24.5 Å². The van der Waals surface area contributed by atoms with Crippen molar-refractivity contribution in [3.05, 3.63) is 132 Å². The Morgan fingerprint density at radius 1 is 0.700 bits per heavy atom. The zero-order valence-electron chi connectivity index (χ0n) is 22.9. The van der Waals surface area contributed by atoms with E-state index in [0.717, 1.165) is 66.5 Å². The molecule has 0 N–H and O–H groups in total. The number of para-hydroxylation sites is 1. The van der Waals surface area contributed by atoms with Gasteiger partial charge < -0.3 is 9.40 Å². The molecule has 0 saturated heterocycles. The van der Waals surface area contributed by atoms with Gasteiger partial charge >= 0.3 is 0 Å². The van der Waals surface area contributed by atoms with Crippen molar-refractivity contribution in [3.8, 4) is 22.5 Å². The van der Waals surface area contributed by atoms with Crippen LogP contribution in [0.2, 0.25) is 0 Å². The van der Waals surface area contributed by atoms with E-state index in [1.54, 1.807) is 6.20 Å². The van der Waals surface area contributed by atoms with Crippen molar-refractivity contribution in [2.24, 2.45) is 0 Å². The van der Waals surface area contributed by atoms with Crippen molar-refractivity contribution in [2.75, 3.05) is 0 Å². The Kier molecular flexibility index (Phi) is 7.93. The van der Waals surface area contributed by atoms with Gasteiger partial charge in [0.1, 0.15) is 11.2 Å². The molecule has 7 aromatic rings. The van der Waals surface area contributed by atoms with Crippen LogP contribution < -0.4 is 0 Å². The molecule has 0 aliphatic carbocycles. The fourth-order valence-corrected chi connectivity index (χ4v) is 5.22. The Hall–Kier alpha value is -4.11.